The Hall–Kier alpha value is -2.86. The lowest BCUT2D eigenvalue weighted by Crippen LogP contribution is -2.21. The number of hydrogen-bond acceptors (Lipinski definition) is 4. The quantitative estimate of drug-likeness (QED) is 0.361. The second-order valence-corrected chi connectivity index (χ2v) is 10.2. The monoisotopic (exact) mass is 475 g/mol. The third kappa shape index (κ3) is 6.17. The van der Waals surface area contributed by atoms with Crippen molar-refractivity contribution in [1.82, 2.24) is 4.57 Å². The van der Waals surface area contributed by atoms with Crippen molar-refractivity contribution in [1.29, 1.82) is 0 Å². The molecule has 0 unspecified atom stereocenters. The van der Waals surface area contributed by atoms with Gasteiger partial charge in [0.15, 0.2) is 4.80 Å². The van der Waals surface area contributed by atoms with E-state index in [1.54, 1.807) is 11.3 Å². The zero-order chi connectivity index (χ0) is 23.2. The Morgan fingerprint density at radius 3 is 2.35 bits per heavy atom. The molecular weight excluding hydrogens is 442 g/mol. The van der Waals surface area contributed by atoms with Crippen LogP contribution in [0.5, 0.6) is 11.5 Å². The summed E-state index contributed by atoms with van der Waals surface area (Å²) in [5, 5.41) is 5.24. The van der Waals surface area contributed by atoms with Crippen molar-refractivity contribution in [3.8, 4) is 11.5 Å². The molecule has 0 bridgehead atoms. The van der Waals surface area contributed by atoms with Crippen LogP contribution in [0.2, 0.25) is 0 Å². The van der Waals surface area contributed by atoms with Crippen LogP contribution >= 0.6 is 11.3 Å². The molecule has 2 aliphatic carbocycles. The van der Waals surface area contributed by atoms with E-state index < -0.39 is 0 Å². The SMILES string of the molecule is O=C(CCc1csc(=NC2CCCCCC2)n1C1CC1)Nc1ccc(Oc2ccccc2)cc1. The van der Waals surface area contributed by atoms with E-state index in [0.29, 0.717) is 18.5 Å². The summed E-state index contributed by atoms with van der Waals surface area (Å²) in [5.41, 5.74) is 2.04. The van der Waals surface area contributed by atoms with Crippen LogP contribution in [0, 0.1) is 0 Å². The van der Waals surface area contributed by atoms with Gasteiger partial charge >= 0.3 is 0 Å². The zero-order valence-corrected chi connectivity index (χ0v) is 20.4. The number of amides is 1. The molecule has 3 aromatic rings. The molecule has 178 valence electrons. The summed E-state index contributed by atoms with van der Waals surface area (Å²) in [4.78, 5) is 19.0. The van der Waals surface area contributed by atoms with Gasteiger partial charge in [0.2, 0.25) is 5.91 Å². The molecule has 6 heteroatoms. The van der Waals surface area contributed by atoms with Crippen molar-refractivity contribution in [2.24, 2.45) is 4.99 Å². The Labute approximate surface area is 205 Å². The first kappa shape index (κ1) is 22.9. The van der Waals surface area contributed by atoms with Gasteiger partial charge in [-0.3, -0.25) is 9.79 Å². The predicted molar refractivity (Wildman–Crippen MR) is 138 cm³/mol. The summed E-state index contributed by atoms with van der Waals surface area (Å²) in [6.45, 7) is 0. The van der Waals surface area contributed by atoms with Crippen molar-refractivity contribution in [3.63, 3.8) is 0 Å². The Morgan fingerprint density at radius 2 is 1.65 bits per heavy atom. The summed E-state index contributed by atoms with van der Waals surface area (Å²) in [6, 6.07) is 18.3. The first-order chi connectivity index (χ1) is 16.7. The van der Waals surface area contributed by atoms with E-state index in [4.69, 9.17) is 9.73 Å². The number of aryl methyl sites for hydroxylation is 1. The van der Waals surface area contributed by atoms with Crippen molar-refractivity contribution in [2.75, 3.05) is 5.32 Å². The molecule has 0 saturated heterocycles. The van der Waals surface area contributed by atoms with Gasteiger partial charge in [0.25, 0.3) is 0 Å². The average Bonchev–Trinajstić information content (AvgIpc) is 3.66. The molecule has 1 heterocycles. The van der Waals surface area contributed by atoms with E-state index in [0.717, 1.165) is 23.6 Å². The van der Waals surface area contributed by atoms with Gasteiger partial charge < -0.3 is 14.6 Å². The van der Waals surface area contributed by atoms with E-state index in [1.165, 1.54) is 61.9 Å². The highest BCUT2D eigenvalue weighted by Gasteiger charge is 2.27. The number of anilines is 1. The number of thiazole rings is 1. The minimum Gasteiger partial charge on any atom is -0.457 e. The molecule has 0 atom stereocenters. The summed E-state index contributed by atoms with van der Waals surface area (Å²) in [6.07, 6.45) is 11.4. The number of para-hydroxylation sites is 1. The molecule has 1 N–H and O–H groups in total. The summed E-state index contributed by atoms with van der Waals surface area (Å²) in [7, 11) is 0. The van der Waals surface area contributed by atoms with Crippen LogP contribution in [-0.4, -0.2) is 16.5 Å². The topological polar surface area (TPSA) is 55.6 Å². The van der Waals surface area contributed by atoms with Gasteiger partial charge in [0, 0.05) is 29.2 Å². The van der Waals surface area contributed by atoms with E-state index in [2.05, 4.69) is 15.3 Å². The lowest BCUT2D eigenvalue weighted by molar-refractivity contribution is -0.116. The number of nitrogens with zero attached hydrogens (tertiary/aromatic N) is 2. The zero-order valence-electron chi connectivity index (χ0n) is 19.6. The number of hydrogen-bond donors (Lipinski definition) is 1. The molecule has 2 aliphatic rings. The van der Waals surface area contributed by atoms with Gasteiger partial charge in [-0.05, 0) is 68.5 Å². The molecule has 5 nitrogen and oxygen atoms in total. The number of ether oxygens (including phenoxy) is 1. The smallest absolute Gasteiger partial charge is 0.224 e. The molecule has 0 radical (unpaired) electrons. The molecule has 2 aromatic carbocycles. The van der Waals surface area contributed by atoms with Crippen LogP contribution in [-0.2, 0) is 11.2 Å². The van der Waals surface area contributed by atoms with E-state index in [-0.39, 0.29) is 5.91 Å². The molecule has 1 amide bonds. The average molecular weight is 476 g/mol. The molecule has 0 spiro atoms. The molecule has 0 aliphatic heterocycles. The molecule has 34 heavy (non-hydrogen) atoms. The third-order valence-corrected chi connectivity index (χ3v) is 7.47. The highest BCUT2D eigenvalue weighted by molar-refractivity contribution is 7.07. The Bertz CT molecular complexity index is 1140. The molecule has 2 saturated carbocycles. The molecular formula is C28H33N3O2S. The fourth-order valence-electron chi connectivity index (χ4n) is 4.59. The number of aromatic nitrogens is 1. The van der Waals surface area contributed by atoms with Crippen LogP contribution in [0.3, 0.4) is 0 Å². The van der Waals surface area contributed by atoms with Gasteiger partial charge in [-0.1, -0.05) is 43.9 Å². The van der Waals surface area contributed by atoms with Crippen molar-refractivity contribution < 1.29 is 9.53 Å². The van der Waals surface area contributed by atoms with Crippen LogP contribution in [0.4, 0.5) is 5.69 Å². The highest BCUT2D eigenvalue weighted by atomic mass is 32.1. The maximum atomic E-state index is 12.6. The number of carbonyl (C=O) groups is 1. The van der Waals surface area contributed by atoms with E-state index >= 15 is 0 Å². The fraction of sp³-hybridized carbons (Fsp3) is 0.429. The second kappa shape index (κ2) is 11.0. The first-order valence-corrected chi connectivity index (χ1v) is 13.5. The third-order valence-electron chi connectivity index (χ3n) is 6.57. The maximum Gasteiger partial charge on any atom is 0.224 e. The van der Waals surface area contributed by atoms with Crippen molar-refractivity contribution in [3.05, 3.63) is 70.5 Å². The van der Waals surface area contributed by atoms with E-state index in [9.17, 15) is 4.79 Å². The minimum absolute atomic E-state index is 0.0348. The van der Waals surface area contributed by atoms with Crippen LogP contribution in [0.25, 0.3) is 0 Å². The standard InChI is InChI=1S/C28H33N3O2S/c32-27(29-22-12-17-26(18-13-22)33-25-10-6-3-7-11-25)19-16-24-20-34-28(31(24)23-14-15-23)30-21-8-4-1-2-5-9-21/h3,6-7,10-13,17-18,20-21,23H,1-2,4-5,8-9,14-16,19H2,(H,29,32). The normalized spacial score (nSPS) is 17.4. The van der Waals surface area contributed by atoms with Crippen LogP contribution in [0.15, 0.2) is 65.0 Å². The molecule has 2 fully saturated rings. The van der Waals surface area contributed by atoms with Gasteiger partial charge in [0.1, 0.15) is 11.5 Å². The predicted octanol–water partition coefficient (Wildman–Crippen LogP) is 6.87. The van der Waals surface area contributed by atoms with Crippen molar-refractivity contribution in [2.45, 2.75) is 76.3 Å². The molecule has 5 rings (SSSR count). The van der Waals surface area contributed by atoms with Gasteiger partial charge in [-0.15, -0.1) is 11.3 Å². The largest absolute Gasteiger partial charge is 0.457 e. The van der Waals surface area contributed by atoms with Crippen LogP contribution < -0.4 is 14.9 Å². The number of nitrogens with one attached hydrogen (secondary N) is 1. The van der Waals surface area contributed by atoms with Gasteiger partial charge in [-0.2, -0.15) is 0 Å². The minimum atomic E-state index is 0.0348. The highest BCUT2D eigenvalue weighted by Crippen LogP contribution is 2.35. The Kier molecular flexibility index (Phi) is 7.44. The van der Waals surface area contributed by atoms with Crippen molar-refractivity contribution >= 4 is 22.9 Å². The number of benzene rings is 2. The van der Waals surface area contributed by atoms with Gasteiger partial charge in [-0.25, -0.2) is 0 Å². The summed E-state index contributed by atoms with van der Waals surface area (Å²) in [5.74, 6) is 1.58. The first-order valence-electron chi connectivity index (χ1n) is 12.6. The lowest BCUT2D eigenvalue weighted by atomic mass is 10.1. The van der Waals surface area contributed by atoms with Crippen LogP contribution in [0.1, 0.15) is 69.5 Å². The fourth-order valence-corrected chi connectivity index (χ4v) is 5.65. The maximum absolute atomic E-state index is 12.6. The number of rotatable bonds is 8. The Balaban J connectivity index is 1.18. The van der Waals surface area contributed by atoms with E-state index in [1.807, 2.05) is 54.6 Å². The summed E-state index contributed by atoms with van der Waals surface area (Å²) >= 11 is 1.75. The lowest BCUT2D eigenvalue weighted by Gasteiger charge is -2.11. The van der Waals surface area contributed by atoms with Gasteiger partial charge in [0.05, 0.1) is 6.04 Å². The number of carbonyl (C=O) groups excluding carboxylic acids is 1. The summed E-state index contributed by atoms with van der Waals surface area (Å²) < 4.78 is 8.25. The second-order valence-electron chi connectivity index (χ2n) is 9.37. The Morgan fingerprint density at radius 1 is 0.941 bits per heavy atom. The molecule has 1 aromatic heterocycles.